The fraction of sp³-hybridized carbons (Fsp3) is 0.231. The zero-order valence-corrected chi connectivity index (χ0v) is 11.1. The third-order valence-corrected chi connectivity index (χ3v) is 2.85. The number of anilines is 3. The van der Waals surface area contributed by atoms with E-state index in [9.17, 15) is 4.79 Å². The van der Waals surface area contributed by atoms with Crippen LogP contribution in [0.3, 0.4) is 0 Å². The Labute approximate surface area is 111 Å². The average molecular weight is 260 g/mol. The highest BCUT2D eigenvalue weighted by molar-refractivity contribution is 5.95. The molecule has 0 bridgehead atoms. The molecule has 0 saturated heterocycles. The van der Waals surface area contributed by atoms with Crippen LogP contribution in [0.1, 0.15) is 5.69 Å². The first kappa shape index (κ1) is 12.9. The van der Waals surface area contributed by atoms with Gasteiger partial charge in [0.2, 0.25) is 12.2 Å². The van der Waals surface area contributed by atoms with Gasteiger partial charge in [-0.25, -0.2) is 9.13 Å². The number of benzene rings is 1. The molecule has 0 aliphatic heterocycles. The van der Waals surface area contributed by atoms with E-state index in [0.717, 1.165) is 5.69 Å². The Hall–Kier alpha value is -2.50. The van der Waals surface area contributed by atoms with Crippen LogP contribution in [0.5, 0.6) is 0 Å². The summed E-state index contributed by atoms with van der Waals surface area (Å²) < 4.78 is 3.81. The van der Waals surface area contributed by atoms with Crippen LogP contribution in [-0.4, -0.2) is 10.5 Å². The van der Waals surface area contributed by atoms with Gasteiger partial charge < -0.3 is 16.8 Å². The molecule has 1 heterocycles. The van der Waals surface area contributed by atoms with Crippen LogP contribution in [0, 0.1) is 0 Å². The van der Waals surface area contributed by atoms with Gasteiger partial charge in [0.1, 0.15) is 6.20 Å². The molecule has 1 aromatic heterocycles. The lowest BCUT2D eigenvalue weighted by atomic mass is 10.2. The summed E-state index contributed by atoms with van der Waals surface area (Å²) in [6, 6.07) is 5.02. The summed E-state index contributed by atoms with van der Waals surface area (Å²) in [5.41, 5.74) is 14.0. The van der Waals surface area contributed by atoms with Crippen LogP contribution in [-0.2, 0) is 25.3 Å². The second-order valence-electron chi connectivity index (χ2n) is 4.58. The van der Waals surface area contributed by atoms with Crippen molar-refractivity contribution in [1.82, 2.24) is 4.57 Å². The Balaban J connectivity index is 2.09. The first-order chi connectivity index (χ1) is 8.95. The molecule has 2 aromatic rings. The molecule has 2 rings (SSSR count). The van der Waals surface area contributed by atoms with Gasteiger partial charge in [0.25, 0.3) is 0 Å². The molecule has 0 atom stereocenters. The van der Waals surface area contributed by atoms with Crippen LogP contribution in [0.4, 0.5) is 17.1 Å². The number of carbonyl (C=O) groups excluding carboxylic acids is 1. The Bertz CT molecular complexity index is 617. The van der Waals surface area contributed by atoms with E-state index in [-0.39, 0.29) is 12.3 Å². The minimum Gasteiger partial charge on any atom is -0.399 e. The fourth-order valence-corrected chi connectivity index (χ4v) is 1.92. The summed E-state index contributed by atoms with van der Waals surface area (Å²) in [6.45, 7) is 0. The topological polar surface area (TPSA) is 89.9 Å². The standard InChI is InChI=1S/C13H17N5O/c1-17-7-10(18(2)8-17)6-13(19)16-12-5-9(14)3-4-11(12)15/h3-5,7-8H,6,14-15H2,1-2H3/p+1. The number of hydrogen-bond donors (Lipinski definition) is 3. The van der Waals surface area contributed by atoms with Crippen molar-refractivity contribution in [3.63, 3.8) is 0 Å². The number of nitrogen functional groups attached to an aromatic ring is 2. The quantitative estimate of drug-likeness (QED) is 0.544. The lowest BCUT2D eigenvalue weighted by Gasteiger charge is -2.08. The maximum atomic E-state index is 12.0. The Kier molecular flexibility index (Phi) is 3.41. The number of carbonyl (C=O) groups is 1. The minimum absolute atomic E-state index is 0.126. The number of nitrogens with zero attached hydrogens (tertiary/aromatic N) is 2. The predicted molar refractivity (Wildman–Crippen MR) is 74.2 cm³/mol. The highest BCUT2D eigenvalue weighted by Crippen LogP contribution is 2.21. The number of rotatable bonds is 3. The molecule has 0 unspecified atom stereocenters. The molecule has 0 aliphatic carbocycles. The zero-order chi connectivity index (χ0) is 14.0. The maximum Gasteiger partial charge on any atom is 0.243 e. The number of hydrogen-bond acceptors (Lipinski definition) is 3. The molecule has 1 amide bonds. The number of aryl methyl sites for hydroxylation is 2. The van der Waals surface area contributed by atoms with Gasteiger partial charge in [-0.05, 0) is 18.2 Å². The summed E-state index contributed by atoms with van der Waals surface area (Å²) in [6.07, 6.45) is 4.09. The summed E-state index contributed by atoms with van der Waals surface area (Å²) in [5.74, 6) is -0.126. The van der Waals surface area contributed by atoms with Gasteiger partial charge in [-0.2, -0.15) is 0 Å². The van der Waals surface area contributed by atoms with Crippen LogP contribution >= 0.6 is 0 Å². The molecule has 5 N–H and O–H groups in total. The molecule has 6 nitrogen and oxygen atoms in total. The summed E-state index contributed by atoms with van der Waals surface area (Å²) >= 11 is 0. The molecule has 0 aliphatic rings. The number of amides is 1. The summed E-state index contributed by atoms with van der Waals surface area (Å²) in [5, 5.41) is 2.77. The SMILES string of the molecule is Cn1c[n+](C)cc1CC(=O)Nc1cc(N)ccc1N. The van der Waals surface area contributed by atoms with Crippen molar-refractivity contribution in [2.75, 3.05) is 16.8 Å². The molecule has 0 radical (unpaired) electrons. The second kappa shape index (κ2) is 5.01. The molecule has 1 aromatic carbocycles. The number of aromatic nitrogens is 2. The van der Waals surface area contributed by atoms with Crippen LogP contribution in [0.2, 0.25) is 0 Å². The highest BCUT2D eigenvalue weighted by atomic mass is 16.1. The fourth-order valence-electron chi connectivity index (χ4n) is 1.92. The van der Waals surface area contributed by atoms with E-state index in [2.05, 4.69) is 5.32 Å². The molecule has 6 heteroatoms. The smallest absolute Gasteiger partial charge is 0.243 e. The molecule has 100 valence electrons. The van der Waals surface area contributed by atoms with E-state index in [1.54, 1.807) is 18.2 Å². The summed E-state index contributed by atoms with van der Waals surface area (Å²) in [4.78, 5) is 12.0. The Morgan fingerprint density at radius 1 is 1.42 bits per heavy atom. The molecule has 0 spiro atoms. The van der Waals surface area contributed by atoms with Gasteiger partial charge in [-0.1, -0.05) is 0 Å². The van der Waals surface area contributed by atoms with Gasteiger partial charge in [0.05, 0.1) is 31.9 Å². The van der Waals surface area contributed by atoms with E-state index in [1.165, 1.54) is 0 Å². The largest absolute Gasteiger partial charge is 0.399 e. The minimum atomic E-state index is -0.126. The number of nitrogens with one attached hydrogen (secondary N) is 1. The van der Waals surface area contributed by atoms with Crippen LogP contribution in [0.25, 0.3) is 0 Å². The van der Waals surface area contributed by atoms with Crippen molar-refractivity contribution in [2.24, 2.45) is 14.1 Å². The van der Waals surface area contributed by atoms with Crippen molar-refractivity contribution in [2.45, 2.75) is 6.42 Å². The predicted octanol–water partition coefficient (Wildman–Crippen LogP) is 0.195. The molecular formula is C13H18N5O+. The Morgan fingerprint density at radius 2 is 2.16 bits per heavy atom. The van der Waals surface area contributed by atoms with E-state index in [4.69, 9.17) is 11.5 Å². The van der Waals surface area contributed by atoms with E-state index >= 15 is 0 Å². The molecule has 0 fully saturated rings. The normalized spacial score (nSPS) is 10.4. The van der Waals surface area contributed by atoms with Crippen LogP contribution in [0.15, 0.2) is 30.7 Å². The van der Waals surface area contributed by atoms with Gasteiger partial charge in [0, 0.05) is 5.69 Å². The summed E-state index contributed by atoms with van der Waals surface area (Å²) in [7, 11) is 3.81. The second-order valence-corrected chi connectivity index (χ2v) is 4.58. The van der Waals surface area contributed by atoms with Crippen molar-refractivity contribution < 1.29 is 9.36 Å². The number of imidazole rings is 1. The van der Waals surface area contributed by atoms with E-state index in [1.807, 2.05) is 35.8 Å². The Morgan fingerprint density at radius 3 is 2.79 bits per heavy atom. The molecule has 0 saturated carbocycles. The van der Waals surface area contributed by atoms with Gasteiger partial charge in [-0.3, -0.25) is 4.79 Å². The lowest BCUT2D eigenvalue weighted by molar-refractivity contribution is -0.671. The van der Waals surface area contributed by atoms with Crippen molar-refractivity contribution in [1.29, 1.82) is 0 Å². The van der Waals surface area contributed by atoms with Crippen molar-refractivity contribution in [3.8, 4) is 0 Å². The monoisotopic (exact) mass is 260 g/mol. The lowest BCUT2D eigenvalue weighted by Crippen LogP contribution is -2.23. The van der Waals surface area contributed by atoms with Gasteiger partial charge >= 0.3 is 0 Å². The first-order valence-electron chi connectivity index (χ1n) is 5.91. The van der Waals surface area contributed by atoms with E-state index in [0.29, 0.717) is 17.1 Å². The number of nitrogens with two attached hydrogens (primary N) is 2. The van der Waals surface area contributed by atoms with Gasteiger partial charge in [0.15, 0.2) is 5.69 Å². The highest BCUT2D eigenvalue weighted by Gasteiger charge is 2.13. The van der Waals surface area contributed by atoms with Crippen molar-refractivity contribution >= 4 is 23.0 Å². The third-order valence-electron chi connectivity index (χ3n) is 2.85. The maximum absolute atomic E-state index is 12.0. The third kappa shape index (κ3) is 3.04. The first-order valence-corrected chi connectivity index (χ1v) is 5.91. The zero-order valence-electron chi connectivity index (χ0n) is 11.1. The molecular weight excluding hydrogens is 242 g/mol. The average Bonchev–Trinajstić information content (AvgIpc) is 2.62. The van der Waals surface area contributed by atoms with Crippen LogP contribution < -0.4 is 21.4 Å². The van der Waals surface area contributed by atoms with E-state index < -0.39 is 0 Å². The van der Waals surface area contributed by atoms with Gasteiger partial charge in [-0.15, -0.1) is 0 Å². The molecule has 19 heavy (non-hydrogen) atoms. The van der Waals surface area contributed by atoms with Crippen molar-refractivity contribution in [3.05, 3.63) is 36.4 Å².